The van der Waals surface area contributed by atoms with E-state index < -0.39 is 17.2 Å². The minimum atomic E-state index is -1.04. The Kier molecular flexibility index (Phi) is 5.16. The monoisotopic (exact) mass is 333 g/mol. The lowest BCUT2D eigenvalue weighted by Crippen LogP contribution is -2.29. The molecule has 7 nitrogen and oxygen atoms in total. The van der Waals surface area contributed by atoms with Crippen molar-refractivity contribution in [3.63, 3.8) is 0 Å². The fourth-order valence-electron chi connectivity index (χ4n) is 2.69. The molecule has 0 saturated carbocycles. The summed E-state index contributed by atoms with van der Waals surface area (Å²) in [5, 5.41) is 17.6. The largest absolute Gasteiger partial charge is 0.491 e. The summed E-state index contributed by atoms with van der Waals surface area (Å²) in [4.78, 5) is 36.3. The first-order valence-electron chi connectivity index (χ1n) is 7.43. The van der Waals surface area contributed by atoms with Gasteiger partial charge in [-0.05, 0) is 12.1 Å². The molecule has 24 heavy (non-hydrogen) atoms. The van der Waals surface area contributed by atoms with Gasteiger partial charge in [0.1, 0.15) is 12.4 Å². The van der Waals surface area contributed by atoms with Crippen molar-refractivity contribution in [2.75, 3.05) is 13.2 Å². The first-order valence-corrected chi connectivity index (χ1v) is 7.43. The molecule has 0 amide bonds. The Labute approximate surface area is 138 Å². The number of Topliss-reactive ketones (excluding diaryl/α,β-unsaturated/α-hetero) is 1. The molecule has 0 unspecified atom stereocenters. The van der Waals surface area contributed by atoms with Gasteiger partial charge in [0.2, 0.25) is 0 Å². The van der Waals surface area contributed by atoms with Crippen molar-refractivity contribution >= 4 is 17.5 Å². The van der Waals surface area contributed by atoms with Crippen LogP contribution in [0.25, 0.3) is 0 Å². The van der Waals surface area contributed by atoms with E-state index >= 15 is 0 Å². The van der Waals surface area contributed by atoms with E-state index in [-0.39, 0.29) is 47.8 Å². The summed E-state index contributed by atoms with van der Waals surface area (Å²) in [5.41, 5.74) is 1.51. The van der Waals surface area contributed by atoms with Crippen molar-refractivity contribution in [1.29, 1.82) is 0 Å². The number of hydrogen-bond acceptors (Lipinski definition) is 6. The van der Waals surface area contributed by atoms with Gasteiger partial charge < -0.3 is 15.1 Å². The normalized spacial score (nSPS) is 14.2. The zero-order chi connectivity index (χ0) is 17.9. The minimum absolute atomic E-state index is 0.121. The lowest BCUT2D eigenvalue weighted by atomic mass is 9.73. The smallest absolute Gasteiger partial charge is 0.304 e. The zero-order valence-corrected chi connectivity index (χ0v) is 13.5. The molecule has 0 aliphatic heterocycles. The molecular weight excluding hydrogens is 314 g/mol. The lowest BCUT2D eigenvalue weighted by molar-refractivity contribution is -0.138. The number of carboxylic acid groups (broad SMARTS) is 1. The summed E-state index contributed by atoms with van der Waals surface area (Å²) in [6, 6.07) is 4.69. The average Bonchev–Trinajstić information content (AvgIpc) is 2.49. The fraction of sp³-hybridized carbons (Fsp3) is 0.353. The van der Waals surface area contributed by atoms with Crippen LogP contribution in [0.5, 0.6) is 5.75 Å². The van der Waals surface area contributed by atoms with E-state index in [4.69, 9.17) is 15.1 Å². The first kappa shape index (κ1) is 17.8. The zero-order valence-electron chi connectivity index (χ0n) is 13.5. The number of benzene rings is 1. The van der Waals surface area contributed by atoms with Crippen LogP contribution in [0.15, 0.2) is 29.8 Å². The number of ketones is 2. The molecule has 0 fully saturated rings. The number of aliphatic carboxylic acids is 1. The summed E-state index contributed by atoms with van der Waals surface area (Å²) in [5.74, 6) is -1.56. The second-order valence-corrected chi connectivity index (χ2v) is 6.14. The van der Waals surface area contributed by atoms with Crippen LogP contribution in [-0.2, 0) is 4.79 Å². The Morgan fingerprint density at radius 2 is 2.00 bits per heavy atom. The van der Waals surface area contributed by atoms with Crippen LogP contribution in [0.4, 0.5) is 0 Å². The summed E-state index contributed by atoms with van der Waals surface area (Å²) in [6.45, 7) is 3.53. The Hall–Kier alpha value is -2.51. The Bertz CT molecular complexity index is 720. The number of nitrogens with one attached hydrogen (secondary N) is 1. The molecule has 1 aliphatic rings. The first-order chi connectivity index (χ1) is 11.3. The molecule has 0 saturated heterocycles. The standard InChI is InChI=1S/C17H19NO6/c1-17(2,9-14(20)21)11-8-12(19)15-10(16(11)22)4-3-5-13(15)24-7-6-18-23/h3-5,8,18,23H,6-7,9H2,1-2H3,(H,20,21). The van der Waals surface area contributed by atoms with Crippen molar-refractivity contribution < 1.29 is 29.4 Å². The van der Waals surface area contributed by atoms with Gasteiger partial charge in [0, 0.05) is 16.6 Å². The van der Waals surface area contributed by atoms with Crippen LogP contribution < -0.4 is 10.2 Å². The predicted molar refractivity (Wildman–Crippen MR) is 84.5 cm³/mol. The second kappa shape index (κ2) is 6.94. The highest BCUT2D eigenvalue weighted by atomic mass is 16.5. The molecule has 0 atom stereocenters. The maximum Gasteiger partial charge on any atom is 0.304 e. The number of allylic oxidation sites excluding steroid dienone is 2. The molecule has 3 N–H and O–H groups in total. The predicted octanol–water partition coefficient (Wildman–Crippen LogP) is 1.85. The SMILES string of the molecule is CC(C)(CC(=O)O)C1=CC(=O)c2c(OCCNO)cccc2C1=O. The quantitative estimate of drug-likeness (QED) is 0.515. The van der Waals surface area contributed by atoms with Crippen molar-refractivity contribution in [1.82, 2.24) is 5.48 Å². The molecule has 2 rings (SSSR count). The Morgan fingerprint density at radius 3 is 2.62 bits per heavy atom. The van der Waals surface area contributed by atoms with E-state index in [0.29, 0.717) is 0 Å². The van der Waals surface area contributed by atoms with Crippen LogP contribution in [0, 0.1) is 5.41 Å². The maximum atomic E-state index is 12.8. The van der Waals surface area contributed by atoms with Crippen LogP contribution >= 0.6 is 0 Å². The number of rotatable bonds is 7. The minimum Gasteiger partial charge on any atom is -0.491 e. The molecule has 0 spiro atoms. The highest BCUT2D eigenvalue weighted by Gasteiger charge is 2.37. The Balaban J connectivity index is 2.41. The van der Waals surface area contributed by atoms with Gasteiger partial charge in [-0.15, -0.1) is 0 Å². The molecule has 0 heterocycles. The second-order valence-electron chi connectivity index (χ2n) is 6.14. The topological polar surface area (TPSA) is 113 Å². The highest BCUT2D eigenvalue weighted by molar-refractivity contribution is 6.26. The van der Waals surface area contributed by atoms with Gasteiger partial charge in [-0.3, -0.25) is 14.4 Å². The number of carbonyl (C=O) groups is 3. The van der Waals surface area contributed by atoms with Gasteiger partial charge in [-0.1, -0.05) is 26.0 Å². The van der Waals surface area contributed by atoms with Crippen LogP contribution in [0.1, 0.15) is 41.0 Å². The lowest BCUT2D eigenvalue weighted by Gasteiger charge is -2.28. The summed E-state index contributed by atoms with van der Waals surface area (Å²) in [7, 11) is 0. The van der Waals surface area contributed by atoms with E-state index in [1.807, 2.05) is 5.48 Å². The van der Waals surface area contributed by atoms with E-state index in [0.717, 1.165) is 0 Å². The number of hydroxylamine groups is 1. The van der Waals surface area contributed by atoms with Gasteiger partial charge in [-0.25, -0.2) is 5.48 Å². The van der Waals surface area contributed by atoms with Crippen molar-refractivity contribution in [3.05, 3.63) is 41.0 Å². The summed E-state index contributed by atoms with van der Waals surface area (Å²) >= 11 is 0. The van der Waals surface area contributed by atoms with E-state index in [1.165, 1.54) is 12.1 Å². The number of carbonyl (C=O) groups excluding carboxylic acids is 2. The number of carboxylic acids is 1. The highest BCUT2D eigenvalue weighted by Crippen LogP contribution is 2.38. The van der Waals surface area contributed by atoms with Crippen LogP contribution in [-0.4, -0.2) is 41.0 Å². The molecule has 1 aliphatic carbocycles. The van der Waals surface area contributed by atoms with Crippen molar-refractivity contribution in [2.45, 2.75) is 20.3 Å². The van der Waals surface area contributed by atoms with Crippen molar-refractivity contribution in [2.24, 2.45) is 5.41 Å². The molecule has 7 heteroatoms. The molecule has 0 radical (unpaired) electrons. The van der Waals surface area contributed by atoms with Crippen LogP contribution in [0.3, 0.4) is 0 Å². The molecule has 1 aromatic rings. The number of fused-ring (bicyclic) bond motifs is 1. The summed E-state index contributed by atoms with van der Waals surface area (Å²) in [6.07, 6.45) is 0.941. The van der Waals surface area contributed by atoms with Gasteiger partial charge in [-0.2, -0.15) is 0 Å². The third-order valence-electron chi connectivity index (χ3n) is 3.83. The molecule has 128 valence electrons. The van der Waals surface area contributed by atoms with E-state index in [9.17, 15) is 14.4 Å². The average molecular weight is 333 g/mol. The molecule has 0 bridgehead atoms. The number of ether oxygens (including phenoxy) is 1. The van der Waals surface area contributed by atoms with Crippen LogP contribution in [0.2, 0.25) is 0 Å². The van der Waals surface area contributed by atoms with E-state index in [2.05, 4.69) is 0 Å². The van der Waals surface area contributed by atoms with Gasteiger partial charge in [0.15, 0.2) is 11.6 Å². The molecule has 0 aromatic heterocycles. The summed E-state index contributed by atoms with van der Waals surface area (Å²) < 4.78 is 5.43. The third-order valence-corrected chi connectivity index (χ3v) is 3.83. The molecule has 1 aromatic carbocycles. The molecular formula is C17H19NO6. The van der Waals surface area contributed by atoms with E-state index in [1.54, 1.807) is 26.0 Å². The van der Waals surface area contributed by atoms with Crippen molar-refractivity contribution in [3.8, 4) is 5.75 Å². The fourth-order valence-corrected chi connectivity index (χ4v) is 2.69. The Morgan fingerprint density at radius 1 is 1.29 bits per heavy atom. The third kappa shape index (κ3) is 3.52. The number of hydrogen-bond donors (Lipinski definition) is 3. The maximum absolute atomic E-state index is 12.8. The van der Waals surface area contributed by atoms with Gasteiger partial charge >= 0.3 is 5.97 Å². The van der Waals surface area contributed by atoms with Gasteiger partial charge in [0.05, 0.1) is 18.5 Å². The van der Waals surface area contributed by atoms with Gasteiger partial charge in [0.25, 0.3) is 0 Å².